The Morgan fingerprint density at radius 2 is 1.60 bits per heavy atom. The lowest BCUT2D eigenvalue weighted by molar-refractivity contribution is -0.384. The van der Waals surface area contributed by atoms with E-state index in [0.29, 0.717) is 27.8 Å². The third kappa shape index (κ3) is 8.22. The molecule has 0 aliphatic heterocycles. The molecule has 0 unspecified atom stereocenters. The fourth-order valence-electron chi connectivity index (χ4n) is 4.83. The maximum atomic E-state index is 13.8. The van der Waals surface area contributed by atoms with Gasteiger partial charge in [0.25, 0.3) is 5.69 Å². The highest BCUT2D eigenvalue weighted by Gasteiger charge is 2.32. The van der Waals surface area contributed by atoms with Gasteiger partial charge in [-0.25, -0.2) is 0 Å². The molecule has 0 bridgehead atoms. The first-order chi connectivity index (χ1) is 19.3. The molecule has 1 N–H and O–H groups in total. The van der Waals surface area contributed by atoms with E-state index in [-0.39, 0.29) is 35.8 Å². The second kappa shape index (κ2) is 14.5. The molecular weight excluding hydrogens is 569 g/mol. The molecule has 1 fully saturated rings. The van der Waals surface area contributed by atoms with Crippen LogP contribution in [-0.2, 0) is 28.3 Å². The number of amides is 2. The number of carbonyl (C=O) groups is 2. The number of nitro groups is 1. The Morgan fingerprint density at radius 1 is 0.950 bits per heavy atom. The second-order valence-electron chi connectivity index (χ2n) is 9.83. The number of thioether (sulfide) groups is 1. The summed E-state index contributed by atoms with van der Waals surface area (Å²) in [5, 5.41) is 15.0. The first kappa shape index (κ1) is 29.9. The van der Waals surface area contributed by atoms with E-state index in [2.05, 4.69) is 5.32 Å². The Kier molecular flexibility index (Phi) is 10.9. The van der Waals surface area contributed by atoms with Gasteiger partial charge in [0.05, 0.1) is 10.7 Å². The van der Waals surface area contributed by atoms with Gasteiger partial charge in [0.15, 0.2) is 0 Å². The lowest BCUT2D eigenvalue weighted by Crippen LogP contribution is -2.52. The normalized spacial score (nSPS) is 14.1. The van der Waals surface area contributed by atoms with Crippen LogP contribution in [0.15, 0.2) is 72.8 Å². The first-order valence-electron chi connectivity index (χ1n) is 13.2. The van der Waals surface area contributed by atoms with Crippen molar-refractivity contribution in [3.63, 3.8) is 0 Å². The van der Waals surface area contributed by atoms with Crippen LogP contribution >= 0.6 is 35.0 Å². The van der Waals surface area contributed by atoms with Crippen LogP contribution in [0.3, 0.4) is 0 Å². The summed E-state index contributed by atoms with van der Waals surface area (Å²) in [6.07, 6.45) is 4.36. The highest BCUT2D eigenvalue weighted by molar-refractivity contribution is 7.99. The van der Waals surface area contributed by atoms with Gasteiger partial charge in [-0.3, -0.25) is 19.7 Å². The van der Waals surface area contributed by atoms with E-state index < -0.39 is 11.0 Å². The third-order valence-corrected chi connectivity index (χ3v) is 8.70. The number of benzene rings is 3. The van der Waals surface area contributed by atoms with Crippen LogP contribution in [-0.4, -0.2) is 39.5 Å². The molecule has 10 heteroatoms. The molecule has 0 aromatic heterocycles. The van der Waals surface area contributed by atoms with Crippen LogP contribution in [0.2, 0.25) is 10.0 Å². The van der Waals surface area contributed by atoms with Gasteiger partial charge in [0.2, 0.25) is 11.8 Å². The van der Waals surface area contributed by atoms with E-state index in [4.69, 9.17) is 23.2 Å². The van der Waals surface area contributed by atoms with Crippen LogP contribution < -0.4 is 5.32 Å². The van der Waals surface area contributed by atoms with Gasteiger partial charge in [-0.2, -0.15) is 0 Å². The topological polar surface area (TPSA) is 92.6 Å². The zero-order chi connectivity index (χ0) is 28.5. The van der Waals surface area contributed by atoms with Crippen LogP contribution in [0.5, 0.6) is 0 Å². The molecule has 0 saturated heterocycles. The molecule has 1 aliphatic rings. The maximum Gasteiger partial charge on any atom is 0.269 e. The Balaban J connectivity index is 1.58. The molecule has 40 heavy (non-hydrogen) atoms. The van der Waals surface area contributed by atoms with Gasteiger partial charge in [0, 0.05) is 52.5 Å². The van der Waals surface area contributed by atoms with Gasteiger partial charge in [-0.15, -0.1) is 11.8 Å². The van der Waals surface area contributed by atoms with E-state index in [1.807, 2.05) is 30.3 Å². The van der Waals surface area contributed by atoms with Gasteiger partial charge in [-0.1, -0.05) is 84.6 Å². The smallest absolute Gasteiger partial charge is 0.269 e. The van der Waals surface area contributed by atoms with Crippen molar-refractivity contribution >= 4 is 52.5 Å². The quantitative estimate of drug-likeness (QED) is 0.182. The van der Waals surface area contributed by atoms with Gasteiger partial charge in [0.1, 0.15) is 6.04 Å². The average Bonchev–Trinajstić information content (AvgIpc) is 3.46. The Labute approximate surface area is 248 Å². The van der Waals surface area contributed by atoms with Crippen molar-refractivity contribution in [3.05, 3.63) is 110 Å². The summed E-state index contributed by atoms with van der Waals surface area (Å²) in [4.78, 5) is 39.7. The summed E-state index contributed by atoms with van der Waals surface area (Å²) >= 11 is 14.4. The van der Waals surface area contributed by atoms with Crippen molar-refractivity contribution in [1.82, 2.24) is 10.2 Å². The summed E-state index contributed by atoms with van der Waals surface area (Å²) in [5.41, 5.74) is 2.41. The predicted octanol–water partition coefficient (Wildman–Crippen LogP) is 6.83. The lowest BCUT2D eigenvalue weighted by Gasteiger charge is -2.33. The number of non-ortho nitro benzene ring substituents is 1. The van der Waals surface area contributed by atoms with Gasteiger partial charge in [-0.05, 0) is 36.1 Å². The minimum Gasteiger partial charge on any atom is -0.352 e. The molecule has 3 aromatic carbocycles. The van der Waals surface area contributed by atoms with E-state index in [1.165, 1.54) is 23.9 Å². The lowest BCUT2D eigenvalue weighted by atomic mass is 10.0. The standard InChI is InChI=1S/C30H31Cl2N3O4S/c31-26-11-6-12-27(32)25(26)18-34(29(36)20-40-19-22-13-15-24(16-14-22)35(38)39)28(17-21-7-2-1-3-8-21)30(37)33-23-9-4-5-10-23/h1-3,6-8,11-16,23,28H,4-5,9-10,17-20H2,(H,33,37)/t28-/m1/s1. The molecule has 0 spiro atoms. The van der Waals surface area contributed by atoms with Gasteiger partial charge >= 0.3 is 0 Å². The number of nitro benzene ring substituents is 1. The molecule has 2 amide bonds. The summed E-state index contributed by atoms with van der Waals surface area (Å²) in [7, 11) is 0. The highest BCUT2D eigenvalue weighted by atomic mass is 35.5. The number of hydrogen-bond acceptors (Lipinski definition) is 5. The number of halogens is 2. The third-order valence-electron chi connectivity index (χ3n) is 7.00. The second-order valence-corrected chi connectivity index (χ2v) is 11.6. The summed E-state index contributed by atoms with van der Waals surface area (Å²) in [5.74, 6) is 0.196. The van der Waals surface area contributed by atoms with Crippen LogP contribution in [0.1, 0.15) is 42.4 Å². The van der Waals surface area contributed by atoms with Crippen molar-refractivity contribution in [2.24, 2.45) is 0 Å². The molecule has 4 rings (SSSR count). The van der Waals surface area contributed by atoms with Gasteiger partial charge < -0.3 is 10.2 Å². The minimum absolute atomic E-state index is 0.0182. The molecule has 7 nitrogen and oxygen atoms in total. The number of rotatable bonds is 12. The molecule has 1 aliphatic carbocycles. The van der Waals surface area contributed by atoms with E-state index in [0.717, 1.165) is 36.8 Å². The zero-order valence-electron chi connectivity index (χ0n) is 21.9. The molecular formula is C30H31Cl2N3O4S. The largest absolute Gasteiger partial charge is 0.352 e. The van der Waals surface area contributed by atoms with E-state index >= 15 is 0 Å². The van der Waals surface area contributed by atoms with E-state index in [9.17, 15) is 19.7 Å². The molecule has 3 aromatic rings. The Bertz CT molecular complexity index is 1300. The van der Waals surface area contributed by atoms with Crippen LogP contribution in [0.25, 0.3) is 0 Å². The minimum atomic E-state index is -0.761. The molecule has 1 saturated carbocycles. The zero-order valence-corrected chi connectivity index (χ0v) is 24.3. The molecule has 210 valence electrons. The average molecular weight is 601 g/mol. The molecule has 0 heterocycles. The summed E-state index contributed by atoms with van der Waals surface area (Å²) in [6, 6.07) is 20.4. The SMILES string of the molecule is O=C(NC1CCCC1)[C@@H](Cc1ccccc1)N(Cc1c(Cl)cccc1Cl)C(=O)CSCc1ccc([N+](=O)[O-])cc1. The van der Waals surface area contributed by atoms with Crippen molar-refractivity contribution in [2.75, 3.05) is 5.75 Å². The van der Waals surface area contributed by atoms with Crippen molar-refractivity contribution in [3.8, 4) is 0 Å². The maximum absolute atomic E-state index is 13.8. The predicted molar refractivity (Wildman–Crippen MR) is 161 cm³/mol. The van der Waals surface area contributed by atoms with Crippen molar-refractivity contribution < 1.29 is 14.5 Å². The molecule has 1 atom stereocenters. The summed E-state index contributed by atoms with van der Waals surface area (Å²) < 4.78 is 0. The van der Waals surface area contributed by atoms with Crippen molar-refractivity contribution in [2.45, 2.75) is 56.5 Å². The molecule has 0 radical (unpaired) electrons. The Hall–Kier alpha value is -3.07. The monoisotopic (exact) mass is 599 g/mol. The fourth-order valence-corrected chi connectivity index (χ4v) is 6.22. The van der Waals surface area contributed by atoms with Crippen molar-refractivity contribution in [1.29, 1.82) is 0 Å². The summed E-state index contributed by atoms with van der Waals surface area (Å²) in [6.45, 7) is 0.0883. The number of nitrogens with one attached hydrogen (secondary N) is 1. The first-order valence-corrected chi connectivity index (χ1v) is 15.1. The number of hydrogen-bond donors (Lipinski definition) is 1. The highest BCUT2D eigenvalue weighted by Crippen LogP contribution is 2.28. The van der Waals surface area contributed by atoms with Crippen LogP contribution in [0, 0.1) is 10.1 Å². The Morgan fingerprint density at radius 3 is 2.23 bits per heavy atom. The van der Waals surface area contributed by atoms with E-state index in [1.54, 1.807) is 35.2 Å². The fraction of sp³-hybridized carbons (Fsp3) is 0.333. The van der Waals surface area contributed by atoms with Crippen LogP contribution in [0.4, 0.5) is 5.69 Å². The number of nitrogens with zero attached hydrogens (tertiary/aromatic N) is 2. The number of carbonyl (C=O) groups excluding carboxylic acids is 2.